The Kier molecular flexibility index (Phi) is 6.25. The Morgan fingerprint density at radius 2 is 1.74 bits per heavy atom. The summed E-state index contributed by atoms with van der Waals surface area (Å²) in [6.07, 6.45) is 4.19. The van der Waals surface area contributed by atoms with Gasteiger partial charge in [0.15, 0.2) is 6.61 Å². The number of piperazine rings is 1. The molecule has 1 aliphatic heterocycles. The van der Waals surface area contributed by atoms with E-state index >= 15 is 0 Å². The molecule has 8 heteroatoms. The second-order valence-electron chi connectivity index (χ2n) is 7.85. The number of fused-ring (bicyclic) bond motifs is 1. The van der Waals surface area contributed by atoms with Gasteiger partial charge in [0.2, 0.25) is 10.0 Å². The van der Waals surface area contributed by atoms with Gasteiger partial charge in [-0.3, -0.25) is 4.79 Å². The van der Waals surface area contributed by atoms with Crippen molar-refractivity contribution in [2.75, 3.05) is 32.8 Å². The topological polar surface area (TPSA) is 90.7 Å². The fourth-order valence-electron chi connectivity index (χ4n) is 4.09. The van der Waals surface area contributed by atoms with Gasteiger partial charge >= 0.3 is 0 Å². The average molecular weight is 440 g/mol. The fraction of sp³-hybridized carbons (Fsp3) is 0.391. The maximum absolute atomic E-state index is 13.1. The molecule has 2 aromatic carbocycles. The SMILES string of the molecule is N#Cc1cccc(OCC(=O)N2CCN(S(=O)(=O)c3ccc4c(c3)CCCC4)CC2)c1. The van der Waals surface area contributed by atoms with E-state index in [4.69, 9.17) is 10.00 Å². The summed E-state index contributed by atoms with van der Waals surface area (Å²) < 4.78 is 33.1. The molecule has 0 unspecified atom stereocenters. The predicted octanol–water partition coefficient (Wildman–Crippen LogP) is 2.35. The van der Waals surface area contributed by atoms with Crippen LogP contribution in [0, 0.1) is 11.3 Å². The molecule has 162 valence electrons. The van der Waals surface area contributed by atoms with Gasteiger partial charge in [-0.1, -0.05) is 12.1 Å². The number of hydrogen-bond acceptors (Lipinski definition) is 5. The average Bonchev–Trinajstić information content (AvgIpc) is 2.82. The van der Waals surface area contributed by atoms with Crippen molar-refractivity contribution in [3.8, 4) is 11.8 Å². The zero-order chi connectivity index (χ0) is 21.8. The van der Waals surface area contributed by atoms with E-state index in [0.717, 1.165) is 31.2 Å². The van der Waals surface area contributed by atoms with Gasteiger partial charge in [-0.05, 0) is 67.1 Å². The van der Waals surface area contributed by atoms with E-state index in [1.807, 2.05) is 18.2 Å². The van der Waals surface area contributed by atoms with Gasteiger partial charge in [-0.2, -0.15) is 9.57 Å². The van der Waals surface area contributed by atoms with Crippen molar-refractivity contribution in [3.05, 3.63) is 59.2 Å². The lowest BCUT2D eigenvalue weighted by atomic mass is 9.92. The van der Waals surface area contributed by atoms with Crippen LogP contribution >= 0.6 is 0 Å². The highest BCUT2D eigenvalue weighted by Gasteiger charge is 2.30. The smallest absolute Gasteiger partial charge is 0.260 e. The summed E-state index contributed by atoms with van der Waals surface area (Å²) in [6, 6.07) is 14.1. The first-order chi connectivity index (χ1) is 15.0. The molecule has 0 radical (unpaired) electrons. The molecule has 1 fully saturated rings. The van der Waals surface area contributed by atoms with Crippen LogP contribution in [-0.4, -0.2) is 56.3 Å². The molecule has 1 amide bonds. The summed E-state index contributed by atoms with van der Waals surface area (Å²) in [7, 11) is -3.57. The van der Waals surface area contributed by atoms with Crippen LogP contribution in [0.15, 0.2) is 47.4 Å². The third-order valence-corrected chi connectivity index (χ3v) is 7.77. The number of benzene rings is 2. The van der Waals surface area contributed by atoms with E-state index in [1.165, 1.54) is 9.87 Å². The predicted molar refractivity (Wildman–Crippen MR) is 115 cm³/mol. The van der Waals surface area contributed by atoms with E-state index in [1.54, 1.807) is 35.2 Å². The highest BCUT2D eigenvalue weighted by atomic mass is 32.2. The molecule has 4 rings (SSSR count). The van der Waals surface area contributed by atoms with Gasteiger partial charge in [-0.25, -0.2) is 8.42 Å². The number of hydrogen-bond donors (Lipinski definition) is 0. The Bertz CT molecular complexity index is 1120. The lowest BCUT2D eigenvalue weighted by Gasteiger charge is -2.34. The third kappa shape index (κ3) is 4.73. The summed E-state index contributed by atoms with van der Waals surface area (Å²) >= 11 is 0. The first-order valence-corrected chi connectivity index (χ1v) is 11.9. The Balaban J connectivity index is 1.34. The zero-order valence-corrected chi connectivity index (χ0v) is 18.1. The van der Waals surface area contributed by atoms with Crippen molar-refractivity contribution < 1.29 is 17.9 Å². The van der Waals surface area contributed by atoms with E-state index in [2.05, 4.69) is 0 Å². The molecule has 0 N–H and O–H groups in total. The second kappa shape index (κ2) is 9.08. The molecule has 7 nitrogen and oxygen atoms in total. The van der Waals surface area contributed by atoms with Crippen molar-refractivity contribution in [1.29, 1.82) is 5.26 Å². The van der Waals surface area contributed by atoms with E-state index in [0.29, 0.717) is 29.3 Å². The normalized spacial score (nSPS) is 16.9. The van der Waals surface area contributed by atoms with Crippen LogP contribution in [0.1, 0.15) is 29.5 Å². The maximum Gasteiger partial charge on any atom is 0.260 e. The molecular weight excluding hydrogens is 414 g/mol. The quantitative estimate of drug-likeness (QED) is 0.713. The van der Waals surface area contributed by atoms with Crippen LogP contribution in [0.5, 0.6) is 5.75 Å². The highest BCUT2D eigenvalue weighted by Crippen LogP contribution is 2.26. The molecule has 0 spiro atoms. The summed E-state index contributed by atoms with van der Waals surface area (Å²) in [4.78, 5) is 14.4. The van der Waals surface area contributed by atoms with E-state index in [-0.39, 0.29) is 25.6 Å². The standard InChI is InChI=1S/C23H25N3O4S/c24-16-18-4-3-7-21(14-18)30-17-23(27)25-10-12-26(13-11-25)31(28,29)22-9-8-19-5-1-2-6-20(19)15-22/h3-4,7-9,14-15H,1-2,5-6,10-13,17H2. The largest absolute Gasteiger partial charge is 0.484 e. The minimum atomic E-state index is -3.57. The maximum atomic E-state index is 13.1. The molecule has 2 aromatic rings. The monoisotopic (exact) mass is 439 g/mol. The lowest BCUT2D eigenvalue weighted by molar-refractivity contribution is -0.134. The molecule has 2 aliphatic rings. The highest BCUT2D eigenvalue weighted by molar-refractivity contribution is 7.89. The van der Waals surface area contributed by atoms with Crippen LogP contribution in [0.2, 0.25) is 0 Å². The first kappa shape index (κ1) is 21.3. The minimum absolute atomic E-state index is 0.146. The van der Waals surface area contributed by atoms with Crippen LogP contribution in [0.3, 0.4) is 0 Å². The minimum Gasteiger partial charge on any atom is -0.484 e. The van der Waals surface area contributed by atoms with E-state index in [9.17, 15) is 13.2 Å². The Labute approximate surface area is 182 Å². The van der Waals surface area contributed by atoms with Crippen LogP contribution in [0.4, 0.5) is 0 Å². The molecule has 1 saturated heterocycles. The molecule has 0 atom stereocenters. The number of rotatable bonds is 5. The number of carbonyl (C=O) groups is 1. The van der Waals surface area contributed by atoms with Crippen molar-refractivity contribution in [3.63, 3.8) is 0 Å². The Morgan fingerprint density at radius 3 is 2.48 bits per heavy atom. The molecule has 1 aliphatic carbocycles. The summed E-state index contributed by atoms with van der Waals surface area (Å²) in [6.45, 7) is 1.02. The molecule has 0 bridgehead atoms. The van der Waals surface area contributed by atoms with Crippen LogP contribution in [-0.2, 0) is 27.7 Å². The number of ether oxygens (including phenoxy) is 1. The van der Waals surface area contributed by atoms with Crippen molar-refractivity contribution in [1.82, 2.24) is 9.21 Å². The van der Waals surface area contributed by atoms with Gasteiger partial charge in [0.05, 0.1) is 16.5 Å². The molecule has 31 heavy (non-hydrogen) atoms. The van der Waals surface area contributed by atoms with Gasteiger partial charge in [-0.15, -0.1) is 0 Å². The van der Waals surface area contributed by atoms with Crippen LogP contribution in [0.25, 0.3) is 0 Å². The zero-order valence-electron chi connectivity index (χ0n) is 17.3. The number of nitrogens with zero attached hydrogens (tertiary/aromatic N) is 3. The van der Waals surface area contributed by atoms with E-state index < -0.39 is 10.0 Å². The number of aryl methyl sites for hydroxylation is 2. The molecule has 0 saturated carbocycles. The fourth-order valence-corrected chi connectivity index (χ4v) is 5.56. The lowest BCUT2D eigenvalue weighted by Crippen LogP contribution is -2.51. The Morgan fingerprint density at radius 1 is 1.00 bits per heavy atom. The summed E-state index contributed by atoms with van der Waals surface area (Å²) in [5.41, 5.74) is 2.85. The summed E-state index contributed by atoms with van der Waals surface area (Å²) in [5.74, 6) is 0.259. The number of amides is 1. The van der Waals surface area contributed by atoms with Crippen molar-refractivity contribution in [2.45, 2.75) is 30.6 Å². The van der Waals surface area contributed by atoms with Crippen molar-refractivity contribution in [2.24, 2.45) is 0 Å². The molecule has 0 aromatic heterocycles. The number of sulfonamides is 1. The second-order valence-corrected chi connectivity index (χ2v) is 9.79. The molecular formula is C23H25N3O4S. The molecule has 1 heterocycles. The van der Waals surface area contributed by atoms with Crippen molar-refractivity contribution >= 4 is 15.9 Å². The van der Waals surface area contributed by atoms with Gasteiger partial charge in [0.1, 0.15) is 5.75 Å². The van der Waals surface area contributed by atoms with Gasteiger partial charge < -0.3 is 9.64 Å². The Hall–Kier alpha value is -2.89. The first-order valence-electron chi connectivity index (χ1n) is 10.5. The van der Waals surface area contributed by atoms with Crippen LogP contribution < -0.4 is 4.74 Å². The summed E-state index contributed by atoms with van der Waals surface area (Å²) in [5, 5.41) is 8.94. The van der Waals surface area contributed by atoms with Gasteiger partial charge in [0, 0.05) is 26.2 Å². The van der Waals surface area contributed by atoms with Gasteiger partial charge in [0.25, 0.3) is 5.91 Å². The third-order valence-electron chi connectivity index (χ3n) is 5.87. The number of carbonyl (C=O) groups excluding carboxylic acids is 1. The number of nitriles is 1.